The molecule has 1 aromatic rings. The van der Waals surface area contributed by atoms with Crippen LogP contribution in [0, 0.1) is 6.92 Å². The Morgan fingerprint density at radius 1 is 1.17 bits per heavy atom. The van der Waals surface area contributed by atoms with Crippen molar-refractivity contribution in [2.45, 2.75) is 38.5 Å². The highest BCUT2D eigenvalue weighted by atomic mass is 15.1. The van der Waals surface area contributed by atoms with Gasteiger partial charge in [0, 0.05) is 5.92 Å². The van der Waals surface area contributed by atoms with Crippen molar-refractivity contribution < 1.29 is 0 Å². The van der Waals surface area contributed by atoms with Crippen molar-refractivity contribution >= 4 is 0 Å². The first-order valence-corrected chi connectivity index (χ1v) is 4.66. The SMILES string of the molecule is Cc1ccc(C2CCCC2)nn1. The maximum atomic E-state index is 4.21. The van der Waals surface area contributed by atoms with Gasteiger partial charge in [0.1, 0.15) is 0 Å². The molecule has 64 valence electrons. The Morgan fingerprint density at radius 3 is 2.50 bits per heavy atom. The van der Waals surface area contributed by atoms with Crippen LogP contribution < -0.4 is 0 Å². The minimum atomic E-state index is 0.693. The zero-order chi connectivity index (χ0) is 8.39. The molecule has 0 bridgehead atoms. The van der Waals surface area contributed by atoms with E-state index in [4.69, 9.17) is 0 Å². The standard InChI is InChI=1S/C10H14N2/c1-8-6-7-10(12-11-8)9-4-2-3-5-9/h6-7,9H,2-5H2,1H3. The fourth-order valence-electron chi connectivity index (χ4n) is 1.85. The predicted octanol–water partition coefficient (Wildman–Crippen LogP) is 2.44. The number of nitrogens with zero attached hydrogens (tertiary/aromatic N) is 2. The van der Waals surface area contributed by atoms with Gasteiger partial charge in [0.05, 0.1) is 11.4 Å². The molecule has 2 nitrogen and oxygen atoms in total. The minimum Gasteiger partial charge on any atom is -0.156 e. The molecule has 0 spiro atoms. The summed E-state index contributed by atoms with van der Waals surface area (Å²) in [6.07, 6.45) is 5.33. The van der Waals surface area contributed by atoms with Gasteiger partial charge in [0.2, 0.25) is 0 Å². The molecular formula is C10H14N2. The van der Waals surface area contributed by atoms with Crippen LogP contribution in [0.3, 0.4) is 0 Å². The van der Waals surface area contributed by atoms with Crippen molar-refractivity contribution in [1.82, 2.24) is 10.2 Å². The maximum absolute atomic E-state index is 4.21. The van der Waals surface area contributed by atoms with E-state index in [1.165, 1.54) is 31.4 Å². The smallest absolute Gasteiger partial charge is 0.0662 e. The Balaban J connectivity index is 2.17. The van der Waals surface area contributed by atoms with Gasteiger partial charge in [0.15, 0.2) is 0 Å². The third-order valence-corrected chi connectivity index (χ3v) is 2.59. The highest BCUT2D eigenvalue weighted by Gasteiger charge is 2.17. The number of rotatable bonds is 1. The third-order valence-electron chi connectivity index (χ3n) is 2.59. The number of aryl methyl sites for hydroxylation is 1. The molecule has 0 amide bonds. The molecule has 0 atom stereocenters. The van der Waals surface area contributed by atoms with Crippen LogP contribution in [-0.2, 0) is 0 Å². The minimum absolute atomic E-state index is 0.693. The van der Waals surface area contributed by atoms with Gasteiger partial charge in [-0.3, -0.25) is 0 Å². The van der Waals surface area contributed by atoms with E-state index in [9.17, 15) is 0 Å². The van der Waals surface area contributed by atoms with Crippen LogP contribution in [0.4, 0.5) is 0 Å². The molecule has 2 heteroatoms. The molecule has 1 aromatic heterocycles. The molecule has 0 radical (unpaired) electrons. The second-order valence-electron chi connectivity index (χ2n) is 3.58. The summed E-state index contributed by atoms with van der Waals surface area (Å²) in [4.78, 5) is 0. The van der Waals surface area contributed by atoms with Crippen molar-refractivity contribution in [3.8, 4) is 0 Å². The average Bonchev–Trinajstić information content (AvgIpc) is 2.58. The largest absolute Gasteiger partial charge is 0.156 e. The first-order valence-electron chi connectivity index (χ1n) is 4.66. The van der Waals surface area contributed by atoms with Gasteiger partial charge in [-0.1, -0.05) is 12.8 Å². The van der Waals surface area contributed by atoms with Crippen molar-refractivity contribution in [2.24, 2.45) is 0 Å². The number of hydrogen-bond donors (Lipinski definition) is 0. The van der Waals surface area contributed by atoms with Gasteiger partial charge in [-0.15, -0.1) is 0 Å². The molecule has 1 heterocycles. The van der Waals surface area contributed by atoms with Gasteiger partial charge in [-0.2, -0.15) is 10.2 Å². The Labute approximate surface area is 73.0 Å². The lowest BCUT2D eigenvalue weighted by Gasteiger charge is -2.06. The van der Waals surface area contributed by atoms with E-state index in [0.717, 1.165) is 5.69 Å². The summed E-state index contributed by atoms with van der Waals surface area (Å²) in [7, 11) is 0. The summed E-state index contributed by atoms with van der Waals surface area (Å²) in [5.41, 5.74) is 2.20. The highest BCUT2D eigenvalue weighted by Crippen LogP contribution is 2.32. The van der Waals surface area contributed by atoms with E-state index >= 15 is 0 Å². The molecule has 0 N–H and O–H groups in total. The molecule has 1 saturated carbocycles. The molecule has 12 heavy (non-hydrogen) atoms. The van der Waals surface area contributed by atoms with E-state index in [2.05, 4.69) is 22.3 Å². The maximum Gasteiger partial charge on any atom is 0.0662 e. The Kier molecular flexibility index (Phi) is 2.07. The molecule has 0 unspecified atom stereocenters. The second kappa shape index (κ2) is 3.21. The molecule has 0 aliphatic heterocycles. The van der Waals surface area contributed by atoms with Crippen molar-refractivity contribution in [2.75, 3.05) is 0 Å². The lowest BCUT2D eigenvalue weighted by Crippen LogP contribution is -1.98. The monoisotopic (exact) mass is 162 g/mol. The van der Waals surface area contributed by atoms with Crippen LogP contribution in [0.5, 0.6) is 0 Å². The van der Waals surface area contributed by atoms with Crippen LogP contribution in [0.15, 0.2) is 12.1 Å². The Morgan fingerprint density at radius 2 is 1.92 bits per heavy atom. The van der Waals surface area contributed by atoms with Crippen LogP contribution >= 0.6 is 0 Å². The van der Waals surface area contributed by atoms with Crippen LogP contribution in [0.2, 0.25) is 0 Å². The lowest BCUT2D eigenvalue weighted by atomic mass is 10.0. The van der Waals surface area contributed by atoms with Crippen molar-refractivity contribution in [1.29, 1.82) is 0 Å². The zero-order valence-corrected chi connectivity index (χ0v) is 7.45. The highest BCUT2D eigenvalue weighted by molar-refractivity contribution is 5.11. The first kappa shape index (κ1) is 7.71. The van der Waals surface area contributed by atoms with Crippen LogP contribution in [0.1, 0.15) is 43.0 Å². The number of hydrogen-bond acceptors (Lipinski definition) is 2. The summed E-state index contributed by atoms with van der Waals surface area (Å²) in [5, 5.41) is 8.28. The summed E-state index contributed by atoms with van der Waals surface area (Å²) >= 11 is 0. The zero-order valence-electron chi connectivity index (χ0n) is 7.45. The van der Waals surface area contributed by atoms with Crippen molar-refractivity contribution in [3.05, 3.63) is 23.5 Å². The van der Waals surface area contributed by atoms with E-state index < -0.39 is 0 Å². The van der Waals surface area contributed by atoms with Gasteiger partial charge >= 0.3 is 0 Å². The van der Waals surface area contributed by atoms with E-state index in [0.29, 0.717) is 5.92 Å². The molecule has 1 fully saturated rings. The fourth-order valence-corrected chi connectivity index (χ4v) is 1.85. The van der Waals surface area contributed by atoms with E-state index in [1.807, 2.05) is 6.92 Å². The predicted molar refractivity (Wildman–Crippen MR) is 48.0 cm³/mol. The molecule has 2 rings (SSSR count). The summed E-state index contributed by atoms with van der Waals surface area (Å²) in [5.74, 6) is 0.693. The second-order valence-corrected chi connectivity index (χ2v) is 3.58. The first-order chi connectivity index (χ1) is 5.86. The van der Waals surface area contributed by atoms with Crippen molar-refractivity contribution in [3.63, 3.8) is 0 Å². The quantitative estimate of drug-likeness (QED) is 0.633. The van der Waals surface area contributed by atoms with Gasteiger partial charge in [0.25, 0.3) is 0 Å². The average molecular weight is 162 g/mol. The Bertz CT molecular complexity index is 247. The molecule has 1 aliphatic rings. The molecule has 0 saturated heterocycles. The summed E-state index contributed by atoms with van der Waals surface area (Å²) in [6.45, 7) is 1.98. The Hall–Kier alpha value is -0.920. The molecule has 1 aliphatic carbocycles. The van der Waals surface area contributed by atoms with Gasteiger partial charge in [-0.05, 0) is 31.9 Å². The topological polar surface area (TPSA) is 25.8 Å². The van der Waals surface area contributed by atoms with Crippen LogP contribution in [0.25, 0.3) is 0 Å². The van der Waals surface area contributed by atoms with Crippen LogP contribution in [-0.4, -0.2) is 10.2 Å². The van der Waals surface area contributed by atoms with Gasteiger partial charge in [-0.25, -0.2) is 0 Å². The molecular weight excluding hydrogens is 148 g/mol. The third kappa shape index (κ3) is 1.47. The molecule has 0 aromatic carbocycles. The lowest BCUT2D eigenvalue weighted by molar-refractivity contribution is 0.677. The normalized spacial score (nSPS) is 18.4. The van der Waals surface area contributed by atoms with E-state index in [-0.39, 0.29) is 0 Å². The van der Waals surface area contributed by atoms with Gasteiger partial charge < -0.3 is 0 Å². The summed E-state index contributed by atoms with van der Waals surface area (Å²) in [6, 6.07) is 4.18. The summed E-state index contributed by atoms with van der Waals surface area (Å²) < 4.78 is 0. The van der Waals surface area contributed by atoms with E-state index in [1.54, 1.807) is 0 Å². The fraction of sp³-hybridized carbons (Fsp3) is 0.600. The number of aromatic nitrogens is 2.